The van der Waals surface area contributed by atoms with E-state index in [0.29, 0.717) is 41.7 Å². The lowest BCUT2D eigenvalue weighted by atomic mass is 10.1. The third-order valence-corrected chi connectivity index (χ3v) is 7.20. The van der Waals surface area contributed by atoms with Gasteiger partial charge in [-0.2, -0.15) is 4.31 Å². The predicted octanol–water partition coefficient (Wildman–Crippen LogP) is 1.90. The Morgan fingerprint density at radius 3 is 2.50 bits per heavy atom. The molecule has 1 aromatic carbocycles. The van der Waals surface area contributed by atoms with Gasteiger partial charge in [0, 0.05) is 31.7 Å². The smallest absolute Gasteiger partial charge is 0.254 e. The lowest BCUT2D eigenvalue weighted by Gasteiger charge is -2.33. The second-order valence-corrected chi connectivity index (χ2v) is 8.47. The second kappa shape index (κ2) is 6.92. The molecule has 0 atom stereocenters. The number of carbonyl (C=O) groups is 1. The summed E-state index contributed by atoms with van der Waals surface area (Å²) in [5, 5.41) is 1.75. The number of thiophene rings is 1. The van der Waals surface area contributed by atoms with E-state index in [1.807, 2.05) is 0 Å². The van der Waals surface area contributed by atoms with Crippen molar-refractivity contribution in [3.05, 3.63) is 47.3 Å². The highest BCUT2D eigenvalue weighted by atomic mass is 32.2. The molecule has 0 bridgehead atoms. The minimum Gasteiger partial charge on any atom is -0.497 e. The Morgan fingerprint density at radius 1 is 1.12 bits per heavy atom. The van der Waals surface area contributed by atoms with Gasteiger partial charge in [0.2, 0.25) is 0 Å². The molecule has 0 spiro atoms. The first-order valence-corrected chi connectivity index (χ1v) is 9.81. The van der Waals surface area contributed by atoms with Gasteiger partial charge in [0.1, 0.15) is 9.96 Å². The first-order valence-electron chi connectivity index (χ1n) is 7.49. The number of amides is 1. The van der Waals surface area contributed by atoms with Crippen molar-refractivity contribution in [2.75, 3.05) is 33.3 Å². The average molecular weight is 366 g/mol. The third kappa shape index (κ3) is 3.31. The molecule has 1 aliphatic rings. The van der Waals surface area contributed by atoms with E-state index in [4.69, 9.17) is 4.74 Å². The molecule has 1 aromatic heterocycles. The largest absolute Gasteiger partial charge is 0.497 e. The summed E-state index contributed by atoms with van der Waals surface area (Å²) in [7, 11) is -1.90. The number of piperazine rings is 1. The monoisotopic (exact) mass is 366 g/mol. The van der Waals surface area contributed by atoms with Gasteiger partial charge in [0.15, 0.2) is 0 Å². The van der Waals surface area contributed by atoms with Gasteiger partial charge in [0.25, 0.3) is 15.9 Å². The maximum Gasteiger partial charge on any atom is 0.254 e. The maximum atomic E-state index is 12.6. The summed E-state index contributed by atoms with van der Waals surface area (Å²) in [5.74, 6) is 0.516. The summed E-state index contributed by atoms with van der Waals surface area (Å²) in [4.78, 5) is 14.2. The van der Waals surface area contributed by atoms with Crippen molar-refractivity contribution in [1.82, 2.24) is 9.21 Å². The Balaban J connectivity index is 1.67. The summed E-state index contributed by atoms with van der Waals surface area (Å²) in [5.41, 5.74) is 0.545. The van der Waals surface area contributed by atoms with Crippen molar-refractivity contribution in [3.63, 3.8) is 0 Å². The van der Waals surface area contributed by atoms with Gasteiger partial charge in [-0.25, -0.2) is 8.42 Å². The molecular weight excluding hydrogens is 348 g/mol. The van der Waals surface area contributed by atoms with E-state index in [-0.39, 0.29) is 5.91 Å². The van der Waals surface area contributed by atoms with Crippen LogP contribution in [0.25, 0.3) is 0 Å². The van der Waals surface area contributed by atoms with Crippen LogP contribution in [0.5, 0.6) is 5.75 Å². The zero-order valence-electron chi connectivity index (χ0n) is 13.2. The molecule has 2 aromatic rings. The Morgan fingerprint density at radius 2 is 1.88 bits per heavy atom. The number of ether oxygens (including phenoxy) is 1. The quantitative estimate of drug-likeness (QED) is 0.829. The number of hydrogen-bond acceptors (Lipinski definition) is 5. The van der Waals surface area contributed by atoms with Crippen LogP contribution >= 0.6 is 11.3 Å². The predicted molar refractivity (Wildman–Crippen MR) is 92.0 cm³/mol. The van der Waals surface area contributed by atoms with Crippen LogP contribution in [0, 0.1) is 0 Å². The Bertz CT molecular complexity index is 810. The van der Waals surface area contributed by atoms with Gasteiger partial charge >= 0.3 is 0 Å². The molecule has 0 unspecified atom stereocenters. The molecule has 1 fully saturated rings. The van der Waals surface area contributed by atoms with Crippen LogP contribution < -0.4 is 4.74 Å². The SMILES string of the molecule is COc1cccc(C(=O)N2CCN(S(=O)(=O)c3cccs3)CC2)c1. The highest BCUT2D eigenvalue weighted by Crippen LogP contribution is 2.22. The molecule has 8 heteroatoms. The minimum atomic E-state index is -3.45. The molecule has 2 heterocycles. The number of nitrogens with zero attached hydrogens (tertiary/aromatic N) is 2. The summed E-state index contributed by atoms with van der Waals surface area (Å²) < 4.78 is 31.9. The molecule has 1 saturated heterocycles. The van der Waals surface area contributed by atoms with Crippen LogP contribution in [0.15, 0.2) is 46.0 Å². The van der Waals surface area contributed by atoms with Crippen LogP contribution in [0.2, 0.25) is 0 Å². The molecule has 0 radical (unpaired) electrons. The molecule has 1 amide bonds. The zero-order valence-corrected chi connectivity index (χ0v) is 14.8. The number of benzene rings is 1. The fraction of sp³-hybridized carbons (Fsp3) is 0.312. The molecule has 128 valence electrons. The molecule has 1 aliphatic heterocycles. The van der Waals surface area contributed by atoms with Crippen LogP contribution in [-0.2, 0) is 10.0 Å². The van der Waals surface area contributed by atoms with Gasteiger partial charge in [0.05, 0.1) is 7.11 Å². The van der Waals surface area contributed by atoms with E-state index in [2.05, 4.69) is 0 Å². The van der Waals surface area contributed by atoms with Crippen LogP contribution in [-0.4, -0.2) is 56.8 Å². The van der Waals surface area contributed by atoms with Crippen molar-refractivity contribution in [1.29, 1.82) is 0 Å². The lowest BCUT2D eigenvalue weighted by Crippen LogP contribution is -2.50. The normalized spacial score (nSPS) is 16.1. The minimum absolute atomic E-state index is 0.109. The van der Waals surface area contributed by atoms with Crippen LogP contribution in [0.4, 0.5) is 0 Å². The highest BCUT2D eigenvalue weighted by molar-refractivity contribution is 7.91. The van der Waals surface area contributed by atoms with Gasteiger partial charge < -0.3 is 9.64 Å². The van der Waals surface area contributed by atoms with E-state index in [1.54, 1.807) is 53.8 Å². The van der Waals surface area contributed by atoms with Gasteiger partial charge in [-0.15, -0.1) is 11.3 Å². The number of methoxy groups -OCH3 is 1. The zero-order chi connectivity index (χ0) is 17.2. The van der Waals surface area contributed by atoms with Crippen LogP contribution in [0.1, 0.15) is 10.4 Å². The Hall–Kier alpha value is -1.90. The van der Waals surface area contributed by atoms with Crippen LogP contribution in [0.3, 0.4) is 0 Å². The number of rotatable bonds is 4. The van der Waals surface area contributed by atoms with Gasteiger partial charge in [-0.1, -0.05) is 12.1 Å². The van der Waals surface area contributed by atoms with Gasteiger partial charge in [-0.05, 0) is 29.6 Å². The third-order valence-electron chi connectivity index (χ3n) is 3.93. The maximum absolute atomic E-state index is 12.6. The first kappa shape index (κ1) is 16.9. The van der Waals surface area contributed by atoms with E-state index in [0.717, 1.165) is 0 Å². The van der Waals surface area contributed by atoms with E-state index in [9.17, 15) is 13.2 Å². The topological polar surface area (TPSA) is 66.9 Å². The summed E-state index contributed by atoms with van der Waals surface area (Å²) in [6.07, 6.45) is 0. The molecular formula is C16H18N2O4S2. The van der Waals surface area contributed by atoms with Crippen molar-refractivity contribution in [2.45, 2.75) is 4.21 Å². The molecule has 0 aliphatic carbocycles. The highest BCUT2D eigenvalue weighted by Gasteiger charge is 2.31. The van der Waals surface area contributed by atoms with Crippen molar-refractivity contribution >= 4 is 27.3 Å². The second-order valence-electron chi connectivity index (χ2n) is 5.36. The van der Waals surface area contributed by atoms with Crippen molar-refractivity contribution in [2.24, 2.45) is 0 Å². The molecule has 3 rings (SSSR count). The summed E-state index contributed by atoms with van der Waals surface area (Å²) in [6, 6.07) is 10.3. The van der Waals surface area contributed by atoms with Crippen molar-refractivity contribution in [3.8, 4) is 5.75 Å². The molecule has 6 nitrogen and oxygen atoms in total. The van der Waals surface area contributed by atoms with E-state index in [1.165, 1.54) is 15.6 Å². The fourth-order valence-corrected chi connectivity index (χ4v) is 5.17. The van der Waals surface area contributed by atoms with E-state index >= 15 is 0 Å². The fourth-order valence-electron chi connectivity index (χ4n) is 2.61. The Kier molecular flexibility index (Phi) is 4.88. The van der Waals surface area contributed by atoms with Crippen molar-refractivity contribution < 1.29 is 17.9 Å². The lowest BCUT2D eigenvalue weighted by molar-refractivity contribution is 0.0697. The average Bonchev–Trinajstić information content (AvgIpc) is 3.17. The van der Waals surface area contributed by atoms with E-state index < -0.39 is 10.0 Å². The standard InChI is InChI=1S/C16H18N2O4S2/c1-22-14-5-2-4-13(12-14)16(19)17-7-9-18(10-8-17)24(20,21)15-6-3-11-23-15/h2-6,11-12H,7-10H2,1H3. The number of carbonyl (C=O) groups excluding carboxylic acids is 1. The Labute approximate surface area is 145 Å². The number of sulfonamides is 1. The first-order chi connectivity index (χ1) is 11.5. The molecule has 0 saturated carbocycles. The van der Waals surface area contributed by atoms with Gasteiger partial charge in [-0.3, -0.25) is 4.79 Å². The summed E-state index contributed by atoms with van der Waals surface area (Å²) >= 11 is 1.21. The molecule has 0 N–H and O–H groups in total. The molecule has 24 heavy (non-hydrogen) atoms. The number of hydrogen-bond donors (Lipinski definition) is 0. The summed E-state index contributed by atoms with van der Waals surface area (Å²) in [6.45, 7) is 1.35.